The standard InChI is InChI=1S/C29H36N.C23H16NO.Ir/c1-19-10-11-22(27-16-23(17-28(4,5)6)21(3)18-30-27)15-26(19)25-13-12-24(14-20(25)2)29(7,8)9;1-14-12-21(24-13-15(14)2)20-9-5-8-18-19-11-10-16-6-3-4-7-17(16)22(19)25-23(18)20;/h10,12-16,18H,17H2,1-9H3;3-8,10-13H,1-2H3;/q2*-1;/i1D3,2D3,3D3,17D2;1D,2D2;. The summed E-state index contributed by atoms with van der Waals surface area (Å²) in [6.45, 7) is 1.97. The Kier molecular flexibility index (Phi) is 7.43. The van der Waals surface area contributed by atoms with Crippen LogP contribution in [0.5, 0.6) is 0 Å². The van der Waals surface area contributed by atoms with Crippen molar-refractivity contribution in [1.82, 2.24) is 9.97 Å². The molecule has 0 aliphatic rings. The van der Waals surface area contributed by atoms with E-state index in [1.165, 1.54) is 24.4 Å². The summed E-state index contributed by atoms with van der Waals surface area (Å²) in [5.41, 5.74) is 3.94. The van der Waals surface area contributed by atoms with E-state index in [0.717, 1.165) is 44.5 Å². The fraction of sp³-hybridized carbons (Fsp3) is 0.269. The van der Waals surface area contributed by atoms with E-state index >= 15 is 0 Å². The second-order valence-corrected chi connectivity index (χ2v) is 15.8. The van der Waals surface area contributed by atoms with E-state index < -0.39 is 39.2 Å². The van der Waals surface area contributed by atoms with E-state index in [0.29, 0.717) is 22.4 Å². The van der Waals surface area contributed by atoms with Crippen LogP contribution >= 0.6 is 0 Å². The van der Waals surface area contributed by atoms with Gasteiger partial charge in [0.25, 0.3) is 0 Å². The minimum atomic E-state index is -2.62. The van der Waals surface area contributed by atoms with Crippen LogP contribution in [0.25, 0.3) is 66.4 Å². The van der Waals surface area contributed by atoms with E-state index in [1.54, 1.807) is 45.0 Å². The Bertz CT molecular complexity index is 3210. The molecule has 287 valence electrons. The molecule has 3 aromatic heterocycles. The van der Waals surface area contributed by atoms with E-state index in [1.807, 2.05) is 45.0 Å². The molecule has 1 radical (unpaired) electrons. The van der Waals surface area contributed by atoms with Gasteiger partial charge in [-0.25, -0.2) is 0 Å². The van der Waals surface area contributed by atoms with Gasteiger partial charge in [0.1, 0.15) is 5.58 Å². The molecule has 0 atom stereocenters. The third-order valence-corrected chi connectivity index (χ3v) is 9.42. The summed E-state index contributed by atoms with van der Waals surface area (Å²) in [5.74, 6) is 0. The fourth-order valence-corrected chi connectivity index (χ4v) is 6.52. The Labute approximate surface area is 366 Å². The van der Waals surface area contributed by atoms with Crippen molar-refractivity contribution in [3.8, 4) is 33.6 Å². The number of benzene rings is 5. The summed E-state index contributed by atoms with van der Waals surface area (Å²) >= 11 is 0. The molecule has 0 aliphatic carbocycles. The molecule has 3 heterocycles. The van der Waals surface area contributed by atoms with Gasteiger partial charge in [0.15, 0.2) is 0 Å². The van der Waals surface area contributed by atoms with E-state index in [4.69, 9.17) is 23.6 Å². The van der Waals surface area contributed by atoms with Crippen LogP contribution < -0.4 is 0 Å². The van der Waals surface area contributed by atoms with Gasteiger partial charge < -0.3 is 14.4 Å². The van der Waals surface area contributed by atoms with Crippen LogP contribution in [-0.4, -0.2) is 9.97 Å². The number of aromatic nitrogens is 2. The molecule has 3 nitrogen and oxygen atoms in total. The molecule has 0 bridgehead atoms. The Hall–Kier alpha value is -4.89. The number of furan rings is 1. The van der Waals surface area contributed by atoms with Gasteiger partial charge in [0.05, 0.1) is 5.58 Å². The van der Waals surface area contributed by atoms with Gasteiger partial charge in [0.2, 0.25) is 0 Å². The minimum Gasteiger partial charge on any atom is -0.500 e. The fourth-order valence-electron chi connectivity index (χ4n) is 6.52. The van der Waals surface area contributed by atoms with Crippen molar-refractivity contribution in [3.63, 3.8) is 0 Å². The molecule has 5 aromatic carbocycles. The summed E-state index contributed by atoms with van der Waals surface area (Å²) in [5, 5.41) is 4.21. The molecule has 0 spiro atoms. The third kappa shape index (κ3) is 8.43. The van der Waals surface area contributed by atoms with Crippen LogP contribution in [0, 0.1) is 51.9 Å². The average molecular weight is 927 g/mol. The molecule has 56 heavy (non-hydrogen) atoms. The molecule has 0 amide bonds. The number of pyridine rings is 2. The second kappa shape index (κ2) is 15.9. The Morgan fingerprint density at radius 3 is 2.20 bits per heavy atom. The van der Waals surface area contributed by atoms with Gasteiger partial charge in [-0.05, 0) is 89.3 Å². The number of hydrogen-bond donors (Lipinski definition) is 0. The topological polar surface area (TPSA) is 38.9 Å². The van der Waals surface area contributed by atoms with E-state index in [2.05, 4.69) is 46.4 Å². The van der Waals surface area contributed by atoms with Gasteiger partial charge in [-0.3, -0.25) is 0 Å². The van der Waals surface area contributed by atoms with Crippen LogP contribution in [0.2, 0.25) is 0 Å². The van der Waals surface area contributed by atoms with Gasteiger partial charge in [-0.1, -0.05) is 143 Å². The number of hydrogen-bond acceptors (Lipinski definition) is 3. The Balaban J connectivity index is 0.000000240. The number of rotatable bonds is 4. The summed E-state index contributed by atoms with van der Waals surface area (Å²) in [6, 6.07) is 33.2. The number of fused-ring (bicyclic) bond motifs is 5. The molecule has 0 saturated carbocycles. The average Bonchev–Trinajstić information content (AvgIpc) is 3.66. The second-order valence-electron chi connectivity index (χ2n) is 15.8. The van der Waals surface area contributed by atoms with Crippen LogP contribution in [0.4, 0.5) is 0 Å². The largest absolute Gasteiger partial charge is 0.500 e. The predicted octanol–water partition coefficient (Wildman–Crippen LogP) is 14.2. The van der Waals surface area contributed by atoms with Crippen LogP contribution in [0.15, 0.2) is 108 Å². The summed E-state index contributed by atoms with van der Waals surface area (Å²) < 4.78 is 120. The number of nitrogens with zero attached hydrogens (tertiary/aromatic N) is 2. The monoisotopic (exact) mass is 927 g/mol. The van der Waals surface area contributed by atoms with Crippen LogP contribution in [0.3, 0.4) is 0 Å². The van der Waals surface area contributed by atoms with Crippen LogP contribution in [-0.2, 0) is 31.9 Å². The molecule has 0 unspecified atom stereocenters. The Morgan fingerprint density at radius 1 is 0.679 bits per heavy atom. The maximum absolute atomic E-state index is 8.80. The van der Waals surface area contributed by atoms with Gasteiger partial charge in [0, 0.05) is 62.5 Å². The molecular weight excluding hydrogens is 861 g/mol. The zero-order valence-corrected chi connectivity index (χ0v) is 34.6. The van der Waals surface area contributed by atoms with Crippen molar-refractivity contribution in [2.75, 3.05) is 0 Å². The van der Waals surface area contributed by atoms with Crippen molar-refractivity contribution in [1.29, 1.82) is 0 Å². The zero-order chi connectivity index (χ0) is 50.8. The van der Waals surface area contributed by atoms with Crippen molar-refractivity contribution in [3.05, 3.63) is 154 Å². The minimum absolute atomic E-state index is 0. The molecule has 0 aliphatic heterocycles. The Morgan fingerprint density at radius 2 is 1.45 bits per heavy atom. The SMILES string of the molecule is [2H]C([2H])([2H])c1c[c-]c(-c2cc(C([2H])([2H])C(C)(C)C)c(C([2H])([2H])[2H])cn2)cc1-c1ccc(C(C)(C)C)cc1C([2H])([2H])[2H].[2H]Cc1cc(-c2[c-]ccc3c2oc2c4ccccc4ccc32)ncc1C([2H])[2H].[Ir]. The maximum Gasteiger partial charge on any atom is 0.128 e. The molecule has 0 N–H and O–H groups in total. The van der Waals surface area contributed by atoms with Crippen molar-refractivity contribution in [2.24, 2.45) is 5.41 Å². The summed E-state index contributed by atoms with van der Waals surface area (Å²) in [6.07, 6.45) is 0.583. The first-order valence-corrected chi connectivity index (χ1v) is 18.0. The summed E-state index contributed by atoms with van der Waals surface area (Å²) in [4.78, 5) is 8.75. The zero-order valence-electron chi connectivity index (χ0n) is 46.2. The predicted molar refractivity (Wildman–Crippen MR) is 233 cm³/mol. The molecule has 8 rings (SSSR count). The molecule has 0 saturated heterocycles. The van der Waals surface area contributed by atoms with Crippen molar-refractivity contribution in [2.45, 2.75) is 87.7 Å². The maximum atomic E-state index is 8.80. The molecule has 8 aromatic rings. The van der Waals surface area contributed by atoms with Gasteiger partial charge in [-0.15, -0.1) is 47.5 Å². The van der Waals surface area contributed by atoms with Gasteiger partial charge in [-0.2, -0.15) is 0 Å². The first kappa shape index (κ1) is 26.1. The third-order valence-electron chi connectivity index (χ3n) is 9.42. The van der Waals surface area contributed by atoms with Crippen molar-refractivity contribution < 1.29 is 43.7 Å². The first-order chi connectivity index (χ1) is 31.9. The smallest absolute Gasteiger partial charge is 0.128 e. The quantitative estimate of drug-likeness (QED) is 0.165. The first-order valence-electron chi connectivity index (χ1n) is 25.4. The normalized spacial score (nSPS) is 16.4. The molecule has 0 fully saturated rings. The van der Waals surface area contributed by atoms with E-state index in [-0.39, 0.29) is 77.1 Å². The summed E-state index contributed by atoms with van der Waals surface area (Å²) in [7, 11) is 0. The van der Waals surface area contributed by atoms with Gasteiger partial charge >= 0.3 is 0 Å². The number of aryl methyl sites for hydroxylation is 5. The van der Waals surface area contributed by atoms with E-state index in [9.17, 15) is 0 Å². The molecular formula is C52H52IrN2O-2. The molecule has 4 heteroatoms. The van der Waals surface area contributed by atoms with Crippen molar-refractivity contribution >= 4 is 32.7 Å². The van der Waals surface area contributed by atoms with Crippen LogP contribution in [0.1, 0.15) is 99.7 Å².